The van der Waals surface area contributed by atoms with Crippen LogP contribution < -0.4 is 0 Å². The average molecular weight is 326 g/mol. The van der Waals surface area contributed by atoms with Gasteiger partial charge in [0.1, 0.15) is 5.82 Å². The van der Waals surface area contributed by atoms with Crippen LogP contribution in [0.3, 0.4) is 0 Å². The van der Waals surface area contributed by atoms with Crippen molar-refractivity contribution in [3.63, 3.8) is 0 Å². The highest BCUT2D eigenvalue weighted by molar-refractivity contribution is 5.91. The van der Waals surface area contributed by atoms with E-state index in [2.05, 4.69) is 0 Å². The summed E-state index contributed by atoms with van der Waals surface area (Å²) in [7, 11) is 3.95. The summed E-state index contributed by atoms with van der Waals surface area (Å²) in [6.45, 7) is 1.85. The van der Waals surface area contributed by atoms with Gasteiger partial charge in [-0.05, 0) is 43.4 Å². The monoisotopic (exact) mass is 326 g/mol. The van der Waals surface area contributed by atoms with Crippen molar-refractivity contribution in [2.45, 2.75) is 6.54 Å². The van der Waals surface area contributed by atoms with Crippen LogP contribution in [0.15, 0.2) is 60.7 Å². The van der Waals surface area contributed by atoms with E-state index in [4.69, 9.17) is 0 Å². The van der Waals surface area contributed by atoms with E-state index in [1.165, 1.54) is 12.1 Å². The van der Waals surface area contributed by atoms with Gasteiger partial charge in [0.25, 0.3) is 0 Å². The van der Waals surface area contributed by atoms with E-state index in [1.807, 2.05) is 55.4 Å². The summed E-state index contributed by atoms with van der Waals surface area (Å²) in [5.41, 5.74) is 1.90. The second-order valence-electron chi connectivity index (χ2n) is 5.93. The molecule has 2 aromatic rings. The molecule has 0 radical (unpaired) electrons. The Hall–Kier alpha value is -2.46. The van der Waals surface area contributed by atoms with Crippen LogP contribution in [-0.2, 0) is 11.3 Å². The van der Waals surface area contributed by atoms with E-state index in [0.29, 0.717) is 13.1 Å². The molecule has 3 nitrogen and oxygen atoms in total. The van der Waals surface area contributed by atoms with E-state index in [1.54, 1.807) is 23.1 Å². The molecule has 24 heavy (non-hydrogen) atoms. The van der Waals surface area contributed by atoms with Gasteiger partial charge in [-0.3, -0.25) is 4.79 Å². The van der Waals surface area contributed by atoms with Crippen LogP contribution in [-0.4, -0.2) is 42.9 Å². The summed E-state index contributed by atoms with van der Waals surface area (Å²) in [4.78, 5) is 16.4. The fourth-order valence-electron chi connectivity index (χ4n) is 2.24. The zero-order valence-corrected chi connectivity index (χ0v) is 14.2. The van der Waals surface area contributed by atoms with Crippen LogP contribution in [0.4, 0.5) is 4.39 Å². The maximum Gasteiger partial charge on any atom is 0.246 e. The SMILES string of the molecule is CN(C)CCN(Cc1ccc(F)cc1)C(=O)/C=C/c1ccccc1. The lowest BCUT2D eigenvalue weighted by Crippen LogP contribution is -2.35. The third-order valence-corrected chi connectivity index (χ3v) is 3.63. The first-order chi connectivity index (χ1) is 11.5. The quantitative estimate of drug-likeness (QED) is 0.728. The molecule has 2 rings (SSSR count). The number of hydrogen-bond acceptors (Lipinski definition) is 2. The highest BCUT2D eigenvalue weighted by atomic mass is 19.1. The minimum Gasteiger partial charge on any atom is -0.334 e. The zero-order chi connectivity index (χ0) is 17.4. The first-order valence-electron chi connectivity index (χ1n) is 7.96. The van der Waals surface area contributed by atoms with Crippen molar-refractivity contribution in [3.05, 3.63) is 77.6 Å². The summed E-state index contributed by atoms with van der Waals surface area (Å²) in [5.74, 6) is -0.320. The maximum atomic E-state index is 13.0. The van der Waals surface area contributed by atoms with Crippen LogP contribution >= 0.6 is 0 Å². The molecular formula is C20H23FN2O. The molecule has 0 heterocycles. The van der Waals surface area contributed by atoms with Gasteiger partial charge in [-0.2, -0.15) is 0 Å². The van der Waals surface area contributed by atoms with Crippen molar-refractivity contribution in [1.82, 2.24) is 9.80 Å². The van der Waals surface area contributed by atoms with E-state index in [9.17, 15) is 9.18 Å². The van der Waals surface area contributed by atoms with Gasteiger partial charge >= 0.3 is 0 Å². The summed E-state index contributed by atoms with van der Waals surface area (Å²) in [5, 5.41) is 0. The normalized spacial score (nSPS) is 11.2. The third kappa shape index (κ3) is 5.97. The Morgan fingerprint density at radius 1 is 1.00 bits per heavy atom. The van der Waals surface area contributed by atoms with Gasteiger partial charge in [0, 0.05) is 25.7 Å². The lowest BCUT2D eigenvalue weighted by molar-refractivity contribution is -0.126. The van der Waals surface area contributed by atoms with E-state index in [-0.39, 0.29) is 11.7 Å². The lowest BCUT2D eigenvalue weighted by atomic mass is 10.2. The second-order valence-corrected chi connectivity index (χ2v) is 5.93. The van der Waals surface area contributed by atoms with Gasteiger partial charge in [0.2, 0.25) is 5.91 Å². The van der Waals surface area contributed by atoms with Crippen molar-refractivity contribution in [3.8, 4) is 0 Å². The number of likely N-dealkylation sites (N-methyl/N-ethyl adjacent to an activating group) is 1. The number of rotatable bonds is 7. The minimum absolute atomic E-state index is 0.0509. The molecule has 0 bridgehead atoms. The van der Waals surface area contributed by atoms with Gasteiger partial charge in [-0.15, -0.1) is 0 Å². The molecule has 0 spiro atoms. The molecule has 0 saturated carbocycles. The fraction of sp³-hybridized carbons (Fsp3) is 0.250. The molecule has 1 amide bonds. The molecule has 0 aliphatic carbocycles. The molecule has 0 fully saturated rings. The summed E-state index contributed by atoms with van der Waals surface area (Å²) in [6.07, 6.45) is 3.41. The minimum atomic E-state index is -0.270. The van der Waals surface area contributed by atoms with Crippen LogP contribution in [0.5, 0.6) is 0 Å². The van der Waals surface area contributed by atoms with Crippen molar-refractivity contribution >= 4 is 12.0 Å². The second kappa shape index (κ2) is 8.99. The number of hydrogen-bond donors (Lipinski definition) is 0. The topological polar surface area (TPSA) is 23.6 Å². The molecule has 0 aromatic heterocycles. The van der Waals surface area contributed by atoms with Gasteiger partial charge in [-0.25, -0.2) is 4.39 Å². The Morgan fingerprint density at radius 2 is 1.67 bits per heavy atom. The molecule has 2 aromatic carbocycles. The van der Waals surface area contributed by atoms with Crippen molar-refractivity contribution in [2.24, 2.45) is 0 Å². The predicted octanol–water partition coefficient (Wildman–Crippen LogP) is 3.43. The molecule has 4 heteroatoms. The van der Waals surface area contributed by atoms with Crippen molar-refractivity contribution < 1.29 is 9.18 Å². The Bertz CT molecular complexity index is 666. The number of carbonyl (C=O) groups excluding carboxylic acids is 1. The standard InChI is InChI=1S/C20H23FN2O/c1-22(2)14-15-23(16-18-8-11-19(21)12-9-18)20(24)13-10-17-6-4-3-5-7-17/h3-13H,14-16H2,1-2H3/b13-10+. The smallest absolute Gasteiger partial charge is 0.246 e. The lowest BCUT2D eigenvalue weighted by Gasteiger charge is -2.23. The number of nitrogens with zero attached hydrogens (tertiary/aromatic N) is 2. The molecular weight excluding hydrogens is 303 g/mol. The van der Waals surface area contributed by atoms with Crippen molar-refractivity contribution in [2.75, 3.05) is 27.2 Å². The molecule has 0 unspecified atom stereocenters. The van der Waals surface area contributed by atoms with Crippen LogP contribution in [0, 0.1) is 5.82 Å². The van der Waals surface area contributed by atoms with Gasteiger partial charge in [-0.1, -0.05) is 42.5 Å². The van der Waals surface area contributed by atoms with E-state index >= 15 is 0 Å². The van der Waals surface area contributed by atoms with Crippen LogP contribution in [0.1, 0.15) is 11.1 Å². The fourth-order valence-corrected chi connectivity index (χ4v) is 2.24. The molecule has 126 valence electrons. The van der Waals surface area contributed by atoms with E-state index < -0.39 is 0 Å². The molecule has 0 aliphatic heterocycles. The van der Waals surface area contributed by atoms with E-state index in [0.717, 1.165) is 17.7 Å². The Balaban J connectivity index is 2.07. The average Bonchev–Trinajstić information content (AvgIpc) is 2.59. The largest absolute Gasteiger partial charge is 0.334 e. The summed E-state index contributed by atoms with van der Waals surface area (Å²) >= 11 is 0. The predicted molar refractivity (Wildman–Crippen MR) is 95.8 cm³/mol. The van der Waals surface area contributed by atoms with Crippen molar-refractivity contribution in [1.29, 1.82) is 0 Å². The Labute approximate surface area is 143 Å². The first kappa shape index (κ1) is 17.9. The van der Waals surface area contributed by atoms with Crippen LogP contribution in [0.2, 0.25) is 0 Å². The molecule has 0 aliphatic rings. The number of amides is 1. The molecule has 0 atom stereocenters. The highest BCUT2D eigenvalue weighted by Crippen LogP contribution is 2.09. The van der Waals surface area contributed by atoms with Gasteiger partial charge in [0.15, 0.2) is 0 Å². The third-order valence-electron chi connectivity index (χ3n) is 3.63. The maximum absolute atomic E-state index is 13.0. The number of benzene rings is 2. The number of carbonyl (C=O) groups is 1. The van der Waals surface area contributed by atoms with Crippen LogP contribution in [0.25, 0.3) is 6.08 Å². The summed E-state index contributed by atoms with van der Waals surface area (Å²) < 4.78 is 13.0. The number of halogens is 1. The van der Waals surface area contributed by atoms with Gasteiger partial charge in [0.05, 0.1) is 0 Å². The zero-order valence-electron chi connectivity index (χ0n) is 14.2. The first-order valence-corrected chi connectivity index (χ1v) is 7.96. The molecule has 0 N–H and O–H groups in total. The van der Waals surface area contributed by atoms with Gasteiger partial charge < -0.3 is 9.80 Å². The Morgan fingerprint density at radius 3 is 2.29 bits per heavy atom. The Kier molecular flexibility index (Phi) is 6.70. The molecule has 0 saturated heterocycles. The summed E-state index contributed by atoms with van der Waals surface area (Å²) in [6, 6.07) is 16.0. The highest BCUT2D eigenvalue weighted by Gasteiger charge is 2.12.